The number of halogens is 6. The SMILES string of the molecule is CC1CC(CCCC(F)(F)F)CC(CCCC(F)(F)F)C1. The van der Waals surface area contributed by atoms with Gasteiger partial charge in [-0.25, -0.2) is 0 Å². The van der Waals surface area contributed by atoms with Crippen molar-refractivity contribution in [1.29, 1.82) is 0 Å². The van der Waals surface area contributed by atoms with Gasteiger partial charge >= 0.3 is 12.4 Å². The molecule has 21 heavy (non-hydrogen) atoms. The maximum absolute atomic E-state index is 12.1. The Morgan fingerprint density at radius 1 is 0.714 bits per heavy atom. The van der Waals surface area contributed by atoms with Crippen LogP contribution < -0.4 is 0 Å². The fourth-order valence-electron chi connectivity index (χ4n) is 3.55. The van der Waals surface area contributed by atoms with Crippen molar-refractivity contribution in [2.24, 2.45) is 17.8 Å². The van der Waals surface area contributed by atoms with Crippen LogP contribution in [0.5, 0.6) is 0 Å². The Balaban J connectivity index is 2.29. The summed E-state index contributed by atoms with van der Waals surface area (Å²) in [6.45, 7) is 2.05. The van der Waals surface area contributed by atoms with Gasteiger partial charge in [0.1, 0.15) is 0 Å². The smallest absolute Gasteiger partial charge is 0.171 e. The van der Waals surface area contributed by atoms with E-state index in [1.54, 1.807) is 0 Å². The molecule has 0 amide bonds. The first-order valence-electron chi connectivity index (χ1n) is 7.68. The van der Waals surface area contributed by atoms with Gasteiger partial charge < -0.3 is 0 Å². The second-order valence-electron chi connectivity index (χ2n) is 6.56. The number of rotatable bonds is 6. The summed E-state index contributed by atoms with van der Waals surface area (Å²) in [5, 5.41) is 0. The van der Waals surface area contributed by atoms with Crippen LogP contribution in [0.3, 0.4) is 0 Å². The largest absolute Gasteiger partial charge is 0.389 e. The van der Waals surface area contributed by atoms with Crippen LogP contribution >= 0.6 is 0 Å². The standard InChI is InChI=1S/C15H24F6/c1-11-8-12(4-2-6-14(16,17)18)10-13(9-11)5-3-7-15(19,20)21/h11-13H,2-10H2,1H3. The molecule has 1 fully saturated rings. The Labute approximate surface area is 122 Å². The molecule has 0 nitrogen and oxygen atoms in total. The van der Waals surface area contributed by atoms with E-state index in [1.165, 1.54) is 0 Å². The molecule has 1 saturated carbocycles. The van der Waals surface area contributed by atoms with E-state index < -0.39 is 25.2 Å². The maximum atomic E-state index is 12.1. The van der Waals surface area contributed by atoms with Gasteiger partial charge in [0.05, 0.1) is 0 Å². The zero-order valence-electron chi connectivity index (χ0n) is 12.4. The van der Waals surface area contributed by atoms with Gasteiger partial charge in [0.25, 0.3) is 0 Å². The highest BCUT2D eigenvalue weighted by Gasteiger charge is 2.31. The molecule has 1 aliphatic rings. The van der Waals surface area contributed by atoms with E-state index in [2.05, 4.69) is 0 Å². The lowest BCUT2D eigenvalue weighted by molar-refractivity contribution is -0.136. The molecule has 0 aromatic rings. The normalized spacial score (nSPS) is 27.9. The molecule has 0 heterocycles. The molecule has 6 heteroatoms. The summed E-state index contributed by atoms with van der Waals surface area (Å²) in [5.41, 5.74) is 0. The van der Waals surface area contributed by atoms with E-state index in [4.69, 9.17) is 0 Å². The third-order valence-corrected chi connectivity index (χ3v) is 4.28. The first-order valence-corrected chi connectivity index (χ1v) is 7.68. The van der Waals surface area contributed by atoms with Gasteiger partial charge in [-0.1, -0.05) is 19.8 Å². The van der Waals surface area contributed by atoms with Crippen molar-refractivity contribution in [3.63, 3.8) is 0 Å². The zero-order valence-corrected chi connectivity index (χ0v) is 12.4. The second kappa shape index (κ2) is 7.73. The second-order valence-corrected chi connectivity index (χ2v) is 6.56. The predicted molar refractivity (Wildman–Crippen MR) is 69.8 cm³/mol. The molecule has 0 aromatic carbocycles. The summed E-state index contributed by atoms with van der Waals surface area (Å²) in [6, 6.07) is 0. The molecule has 0 saturated heterocycles. The minimum Gasteiger partial charge on any atom is -0.171 e. The van der Waals surface area contributed by atoms with Crippen LogP contribution in [-0.4, -0.2) is 12.4 Å². The molecule has 2 atom stereocenters. The van der Waals surface area contributed by atoms with Crippen molar-refractivity contribution in [1.82, 2.24) is 0 Å². The van der Waals surface area contributed by atoms with Crippen LogP contribution in [0.1, 0.15) is 64.7 Å². The van der Waals surface area contributed by atoms with Gasteiger partial charge in [-0.2, -0.15) is 26.3 Å². The molecule has 0 aromatic heterocycles. The molecule has 126 valence electrons. The van der Waals surface area contributed by atoms with Crippen LogP contribution in [0, 0.1) is 17.8 Å². The highest BCUT2D eigenvalue weighted by atomic mass is 19.4. The third-order valence-electron chi connectivity index (χ3n) is 4.28. The minimum atomic E-state index is -4.10. The Hall–Kier alpha value is -0.420. The van der Waals surface area contributed by atoms with Gasteiger partial charge in [-0.15, -0.1) is 0 Å². The van der Waals surface area contributed by atoms with Crippen molar-refractivity contribution >= 4 is 0 Å². The molecular formula is C15H24F6. The van der Waals surface area contributed by atoms with E-state index in [0.717, 1.165) is 19.3 Å². The van der Waals surface area contributed by atoms with Gasteiger partial charge in [0.15, 0.2) is 0 Å². The lowest BCUT2D eigenvalue weighted by atomic mass is 9.72. The summed E-state index contributed by atoms with van der Waals surface area (Å²) >= 11 is 0. The number of hydrogen-bond donors (Lipinski definition) is 0. The molecule has 1 rings (SSSR count). The number of hydrogen-bond acceptors (Lipinski definition) is 0. The van der Waals surface area contributed by atoms with E-state index in [1.807, 2.05) is 6.92 Å². The summed E-state index contributed by atoms with van der Waals surface area (Å²) in [5.74, 6) is 0.893. The van der Waals surface area contributed by atoms with Crippen LogP contribution in [0.25, 0.3) is 0 Å². The molecule has 0 spiro atoms. The molecule has 1 aliphatic carbocycles. The van der Waals surface area contributed by atoms with Crippen LogP contribution in [0.15, 0.2) is 0 Å². The van der Waals surface area contributed by atoms with Gasteiger partial charge in [-0.05, 0) is 49.9 Å². The lowest BCUT2D eigenvalue weighted by Gasteiger charge is -2.33. The van der Waals surface area contributed by atoms with E-state index in [9.17, 15) is 26.3 Å². The number of alkyl halides is 6. The first-order chi connectivity index (χ1) is 9.55. The monoisotopic (exact) mass is 318 g/mol. The first kappa shape index (κ1) is 18.6. The van der Waals surface area contributed by atoms with E-state index in [-0.39, 0.29) is 24.7 Å². The zero-order chi connectivity index (χ0) is 16.1. The summed E-state index contributed by atoms with van der Waals surface area (Å²) < 4.78 is 72.8. The molecule has 0 N–H and O–H groups in total. The quantitative estimate of drug-likeness (QED) is 0.490. The van der Waals surface area contributed by atoms with Gasteiger partial charge in [0.2, 0.25) is 0 Å². The average molecular weight is 318 g/mol. The van der Waals surface area contributed by atoms with E-state index >= 15 is 0 Å². The third kappa shape index (κ3) is 9.25. The Bertz CT molecular complexity index is 266. The van der Waals surface area contributed by atoms with Gasteiger partial charge in [0, 0.05) is 12.8 Å². The van der Waals surface area contributed by atoms with Crippen LogP contribution in [-0.2, 0) is 0 Å². The highest BCUT2D eigenvalue weighted by molar-refractivity contribution is 4.77. The predicted octanol–water partition coefficient (Wildman–Crippen LogP) is 6.50. The van der Waals surface area contributed by atoms with Crippen LogP contribution in [0.4, 0.5) is 26.3 Å². The fraction of sp³-hybridized carbons (Fsp3) is 1.00. The maximum Gasteiger partial charge on any atom is 0.389 e. The van der Waals surface area contributed by atoms with Crippen molar-refractivity contribution in [2.75, 3.05) is 0 Å². The lowest BCUT2D eigenvalue weighted by Crippen LogP contribution is -2.22. The highest BCUT2D eigenvalue weighted by Crippen LogP contribution is 2.39. The minimum absolute atomic E-state index is 0.135. The summed E-state index contributed by atoms with van der Waals surface area (Å²) in [4.78, 5) is 0. The Morgan fingerprint density at radius 2 is 1.10 bits per heavy atom. The van der Waals surface area contributed by atoms with Crippen molar-refractivity contribution in [3.8, 4) is 0 Å². The summed E-state index contributed by atoms with van der Waals surface area (Å²) in [6.07, 6.45) is -5.75. The summed E-state index contributed by atoms with van der Waals surface area (Å²) in [7, 11) is 0. The topological polar surface area (TPSA) is 0 Å². The van der Waals surface area contributed by atoms with Gasteiger partial charge in [-0.3, -0.25) is 0 Å². The van der Waals surface area contributed by atoms with E-state index in [0.29, 0.717) is 18.8 Å². The Morgan fingerprint density at radius 3 is 1.43 bits per heavy atom. The molecule has 0 radical (unpaired) electrons. The van der Waals surface area contributed by atoms with Crippen molar-refractivity contribution in [3.05, 3.63) is 0 Å². The molecule has 2 unspecified atom stereocenters. The molecule has 0 aliphatic heterocycles. The van der Waals surface area contributed by atoms with Crippen molar-refractivity contribution in [2.45, 2.75) is 77.1 Å². The molecule has 0 bridgehead atoms. The molecular weight excluding hydrogens is 294 g/mol. The fourth-order valence-corrected chi connectivity index (χ4v) is 3.55. The Kier molecular flexibility index (Phi) is 6.85. The average Bonchev–Trinajstić information content (AvgIpc) is 2.24. The van der Waals surface area contributed by atoms with Crippen molar-refractivity contribution < 1.29 is 26.3 Å². The van der Waals surface area contributed by atoms with Crippen LogP contribution in [0.2, 0.25) is 0 Å².